The maximum atomic E-state index is 11.9. The second-order valence-electron chi connectivity index (χ2n) is 5.45. The summed E-state index contributed by atoms with van der Waals surface area (Å²) in [5.74, 6) is 0.0584. The molecule has 0 bridgehead atoms. The Kier molecular flexibility index (Phi) is 5.34. The predicted octanol–water partition coefficient (Wildman–Crippen LogP) is 3.52. The standard InChI is InChI=1S/C18H23NO2/c1-4-13(2)17(18(20)21-3)19-12-14-9-10-15-7-5-6-8-16(15)11-14/h5-11,13,17,19H,4,12H2,1-3H3. The summed E-state index contributed by atoms with van der Waals surface area (Å²) in [5, 5.41) is 5.77. The fourth-order valence-corrected chi connectivity index (χ4v) is 2.46. The maximum Gasteiger partial charge on any atom is 0.323 e. The molecule has 3 heteroatoms. The third-order valence-corrected chi connectivity index (χ3v) is 4.01. The van der Waals surface area contributed by atoms with Crippen molar-refractivity contribution in [2.45, 2.75) is 32.9 Å². The number of fused-ring (bicyclic) bond motifs is 1. The highest BCUT2D eigenvalue weighted by molar-refractivity contribution is 5.83. The van der Waals surface area contributed by atoms with Gasteiger partial charge >= 0.3 is 5.97 Å². The van der Waals surface area contributed by atoms with Crippen LogP contribution in [0.2, 0.25) is 0 Å². The van der Waals surface area contributed by atoms with Crippen LogP contribution >= 0.6 is 0 Å². The minimum atomic E-state index is -0.258. The Bertz CT molecular complexity index is 609. The molecule has 0 saturated heterocycles. The molecule has 0 radical (unpaired) electrons. The van der Waals surface area contributed by atoms with Crippen molar-refractivity contribution < 1.29 is 9.53 Å². The molecule has 0 aromatic heterocycles. The van der Waals surface area contributed by atoms with Gasteiger partial charge in [0.25, 0.3) is 0 Å². The summed E-state index contributed by atoms with van der Waals surface area (Å²) in [5.41, 5.74) is 1.17. The monoisotopic (exact) mass is 285 g/mol. The van der Waals surface area contributed by atoms with Crippen molar-refractivity contribution in [1.29, 1.82) is 0 Å². The molecule has 2 unspecified atom stereocenters. The van der Waals surface area contributed by atoms with Crippen LogP contribution in [0.5, 0.6) is 0 Å². The summed E-state index contributed by atoms with van der Waals surface area (Å²) in [6.45, 7) is 4.81. The Morgan fingerprint density at radius 1 is 1.19 bits per heavy atom. The van der Waals surface area contributed by atoms with E-state index in [9.17, 15) is 4.79 Å². The van der Waals surface area contributed by atoms with Crippen LogP contribution in [0.3, 0.4) is 0 Å². The summed E-state index contributed by atoms with van der Waals surface area (Å²) in [6, 6.07) is 14.4. The molecule has 0 heterocycles. The zero-order valence-corrected chi connectivity index (χ0v) is 12.9. The molecule has 0 saturated carbocycles. The molecule has 21 heavy (non-hydrogen) atoms. The van der Waals surface area contributed by atoms with Gasteiger partial charge in [0, 0.05) is 6.54 Å². The van der Waals surface area contributed by atoms with Crippen molar-refractivity contribution in [3.8, 4) is 0 Å². The van der Waals surface area contributed by atoms with E-state index in [4.69, 9.17) is 4.74 Å². The van der Waals surface area contributed by atoms with E-state index < -0.39 is 0 Å². The van der Waals surface area contributed by atoms with Crippen LogP contribution in [0.15, 0.2) is 42.5 Å². The minimum Gasteiger partial charge on any atom is -0.468 e. The topological polar surface area (TPSA) is 38.3 Å². The van der Waals surface area contributed by atoms with E-state index in [1.54, 1.807) is 0 Å². The molecule has 2 rings (SSSR count). The molecule has 0 amide bonds. The van der Waals surface area contributed by atoms with Crippen molar-refractivity contribution in [2.24, 2.45) is 5.92 Å². The summed E-state index contributed by atoms with van der Waals surface area (Å²) >= 11 is 0. The van der Waals surface area contributed by atoms with Crippen LogP contribution < -0.4 is 5.32 Å². The molecule has 1 N–H and O–H groups in total. The van der Waals surface area contributed by atoms with Crippen molar-refractivity contribution in [2.75, 3.05) is 7.11 Å². The summed E-state index contributed by atoms with van der Waals surface area (Å²) in [7, 11) is 1.44. The lowest BCUT2D eigenvalue weighted by Crippen LogP contribution is -2.42. The minimum absolute atomic E-state index is 0.190. The number of hydrogen-bond donors (Lipinski definition) is 1. The van der Waals surface area contributed by atoms with Gasteiger partial charge in [-0.3, -0.25) is 4.79 Å². The van der Waals surface area contributed by atoms with Gasteiger partial charge in [-0.25, -0.2) is 0 Å². The lowest BCUT2D eigenvalue weighted by Gasteiger charge is -2.22. The molecule has 0 fully saturated rings. The number of methoxy groups -OCH3 is 1. The Morgan fingerprint density at radius 2 is 1.90 bits per heavy atom. The van der Waals surface area contributed by atoms with Crippen LogP contribution in [0.4, 0.5) is 0 Å². The molecule has 2 aromatic carbocycles. The quantitative estimate of drug-likeness (QED) is 0.825. The van der Waals surface area contributed by atoms with Crippen molar-refractivity contribution in [3.05, 3.63) is 48.0 Å². The lowest BCUT2D eigenvalue weighted by molar-refractivity contribution is -0.144. The fourth-order valence-electron chi connectivity index (χ4n) is 2.46. The van der Waals surface area contributed by atoms with Gasteiger partial charge in [-0.05, 0) is 28.3 Å². The number of hydrogen-bond acceptors (Lipinski definition) is 3. The Hall–Kier alpha value is -1.87. The number of ether oxygens (including phenoxy) is 1. The SMILES string of the molecule is CCC(C)C(NCc1ccc2ccccc2c1)C(=O)OC. The van der Waals surface area contributed by atoms with Gasteiger partial charge in [0.05, 0.1) is 7.11 Å². The predicted molar refractivity (Wildman–Crippen MR) is 86.0 cm³/mol. The molecule has 2 atom stereocenters. The van der Waals surface area contributed by atoms with E-state index in [2.05, 4.69) is 49.5 Å². The highest BCUT2D eigenvalue weighted by Gasteiger charge is 2.23. The third kappa shape index (κ3) is 3.82. The van der Waals surface area contributed by atoms with Gasteiger partial charge in [0.15, 0.2) is 0 Å². The van der Waals surface area contributed by atoms with Crippen molar-refractivity contribution >= 4 is 16.7 Å². The van der Waals surface area contributed by atoms with Crippen LogP contribution in [0.1, 0.15) is 25.8 Å². The number of carbonyl (C=O) groups is 1. The first kappa shape index (κ1) is 15.5. The summed E-state index contributed by atoms with van der Waals surface area (Å²) < 4.78 is 4.89. The van der Waals surface area contributed by atoms with Gasteiger partial charge in [-0.1, -0.05) is 56.7 Å². The molecule has 2 aromatic rings. The Balaban J connectivity index is 2.09. The highest BCUT2D eigenvalue weighted by Crippen LogP contribution is 2.16. The molecule has 0 aliphatic carbocycles. The maximum absolute atomic E-state index is 11.9. The second-order valence-corrected chi connectivity index (χ2v) is 5.45. The molecular formula is C18H23NO2. The summed E-state index contributed by atoms with van der Waals surface area (Å²) in [6.07, 6.45) is 0.935. The van der Waals surface area contributed by atoms with Crippen LogP contribution in [0.25, 0.3) is 10.8 Å². The van der Waals surface area contributed by atoms with E-state index in [0.717, 1.165) is 6.42 Å². The normalized spacial score (nSPS) is 13.9. The van der Waals surface area contributed by atoms with E-state index in [1.165, 1.54) is 23.4 Å². The van der Waals surface area contributed by atoms with E-state index in [-0.39, 0.29) is 17.9 Å². The Morgan fingerprint density at radius 3 is 2.57 bits per heavy atom. The van der Waals surface area contributed by atoms with E-state index in [0.29, 0.717) is 6.54 Å². The number of esters is 1. The van der Waals surface area contributed by atoms with Gasteiger partial charge in [-0.15, -0.1) is 0 Å². The zero-order chi connectivity index (χ0) is 15.2. The summed E-state index contributed by atoms with van der Waals surface area (Å²) in [4.78, 5) is 11.9. The number of rotatable bonds is 6. The molecule has 0 aliphatic rings. The van der Waals surface area contributed by atoms with Gasteiger partial charge in [-0.2, -0.15) is 0 Å². The fraction of sp³-hybridized carbons (Fsp3) is 0.389. The number of nitrogens with one attached hydrogen (secondary N) is 1. The smallest absolute Gasteiger partial charge is 0.323 e. The van der Waals surface area contributed by atoms with Crippen molar-refractivity contribution in [1.82, 2.24) is 5.32 Å². The molecule has 3 nitrogen and oxygen atoms in total. The first-order valence-electron chi connectivity index (χ1n) is 7.44. The van der Waals surface area contributed by atoms with Gasteiger partial charge in [0.1, 0.15) is 6.04 Å². The lowest BCUT2D eigenvalue weighted by atomic mass is 9.98. The molecular weight excluding hydrogens is 262 g/mol. The van der Waals surface area contributed by atoms with Gasteiger partial charge < -0.3 is 10.1 Å². The molecule has 0 aliphatic heterocycles. The van der Waals surface area contributed by atoms with E-state index in [1.807, 2.05) is 12.1 Å². The van der Waals surface area contributed by atoms with Crippen LogP contribution in [-0.2, 0) is 16.1 Å². The van der Waals surface area contributed by atoms with Crippen LogP contribution in [0, 0.1) is 5.92 Å². The first-order chi connectivity index (χ1) is 10.2. The largest absolute Gasteiger partial charge is 0.468 e. The highest BCUT2D eigenvalue weighted by atomic mass is 16.5. The molecule has 112 valence electrons. The molecule has 0 spiro atoms. The first-order valence-corrected chi connectivity index (χ1v) is 7.44. The average Bonchev–Trinajstić information content (AvgIpc) is 2.54. The zero-order valence-electron chi connectivity index (χ0n) is 12.9. The average molecular weight is 285 g/mol. The van der Waals surface area contributed by atoms with Crippen molar-refractivity contribution in [3.63, 3.8) is 0 Å². The third-order valence-electron chi connectivity index (χ3n) is 4.01. The van der Waals surface area contributed by atoms with Crippen LogP contribution in [-0.4, -0.2) is 19.1 Å². The Labute approximate surface area is 126 Å². The number of carbonyl (C=O) groups excluding carboxylic acids is 1. The number of benzene rings is 2. The van der Waals surface area contributed by atoms with E-state index >= 15 is 0 Å². The van der Waals surface area contributed by atoms with Gasteiger partial charge in [0.2, 0.25) is 0 Å². The second kappa shape index (κ2) is 7.23.